The molecule has 1 aromatic rings. The highest BCUT2D eigenvalue weighted by atomic mass is 79.9. The van der Waals surface area contributed by atoms with E-state index in [0.29, 0.717) is 6.42 Å². The van der Waals surface area contributed by atoms with Gasteiger partial charge in [-0.05, 0) is 29.9 Å². The summed E-state index contributed by atoms with van der Waals surface area (Å²) in [6.07, 6.45) is 2.06. The second kappa shape index (κ2) is 4.97. The monoisotopic (exact) mass is 337 g/mol. The molecule has 5 heteroatoms. The number of imide groups is 1. The molecule has 1 spiro atoms. The smallest absolute Gasteiger partial charge is 0.234 e. The molecule has 1 saturated carbocycles. The Morgan fingerprint density at radius 2 is 2.00 bits per heavy atom. The van der Waals surface area contributed by atoms with E-state index in [-0.39, 0.29) is 29.3 Å². The van der Waals surface area contributed by atoms with Crippen LogP contribution < -0.4 is 5.32 Å². The first-order chi connectivity index (χ1) is 9.55. The van der Waals surface area contributed by atoms with Crippen LogP contribution in [0.2, 0.25) is 0 Å². The quantitative estimate of drug-likeness (QED) is 0.843. The van der Waals surface area contributed by atoms with Gasteiger partial charge in [0, 0.05) is 18.0 Å². The molecule has 1 unspecified atom stereocenters. The molecule has 2 aliphatic rings. The average molecular weight is 338 g/mol. The molecule has 20 heavy (non-hydrogen) atoms. The lowest BCUT2D eigenvalue weighted by atomic mass is 9.54. The van der Waals surface area contributed by atoms with Crippen LogP contribution in [0.1, 0.15) is 30.7 Å². The highest BCUT2D eigenvalue weighted by Crippen LogP contribution is 2.57. The fourth-order valence-corrected chi connectivity index (χ4v) is 4.04. The Bertz CT molecular complexity index is 566. The Kier molecular flexibility index (Phi) is 3.42. The molecule has 1 aliphatic carbocycles. The van der Waals surface area contributed by atoms with Gasteiger partial charge in [0.15, 0.2) is 0 Å². The van der Waals surface area contributed by atoms with Crippen molar-refractivity contribution in [3.63, 3.8) is 0 Å². The van der Waals surface area contributed by atoms with Crippen LogP contribution >= 0.6 is 15.9 Å². The Labute approximate surface area is 126 Å². The van der Waals surface area contributed by atoms with Gasteiger partial charge in [0.25, 0.3) is 0 Å². The van der Waals surface area contributed by atoms with Crippen molar-refractivity contribution < 1.29 is 14.3 Å². The summed E-state index contributed by atoms with van der Waals surface area (Å²) in [5.74, 6) is -0.655. The largest absolute Gasteiger partial charge is 0.381 e. The van der Waals surface area contributed by atoms with E-state index >= 15 is 0 Å². The maximum Gasteiger partial charge on any atom is 0.234 e. The van der Waals surface area contributed by atoms with Crippen LogP contribution in [-0.2, 0) is 14.3 Å². The molecule has 1 atom stereocenters. The molecule has 3 rings (SSSR count). The Balaban J connectivity index is 2.00. The molecular formula is C15H16BrNO3. The first-order valence-electron chi connectivity index (χ1n) is 6.67. The van der Waals surface area contributed by atoms with Crippen molar-refractivity contribution in [2.75, 3.05) is 7.11 Å². The van der Waals surface area contributed by atoms with Crippen LogP contribution in [0.25, 0.3) is 0 Å². The van der Waals surface area contributed by atoms with E-state index in [0.717, 1.165) is 22.9 Å². The molecule has 0 radical (unpaired) electrons. The first-order valence-corrected chi connectivity index (χ1v) is 7.46. The molecule has 0 bridgehead atoms. The summed E-state index contributed by atoms with van der Waals surface area (Å²) in [6.45, 7) is 0. The predicted molar refractivity (Wildman–Crippen MR) is 77.1 cm³/mol. The lowest BCUT2D eigenvalue weighted by Crippen LogP contribution is -2.57. The molecule has 4 nitrogen and oxygen atoms in total. The van der Waals surface area contributed by atoms with Gasteiger partial charge >= 0.3 is 0 Å². The molecule has 1 N–H and O–H groups in total. The van der Waals surface area contributed by atoms with E-state index in [2.05, 4.69) is 21.2 Å². The molecule has 2 amide bonds. The number of methoxy groups -OCH3 is 1. The number of nitrogens with one attached hydrogen (secondary N) is 1. The lowest BCUT2D eigenvalue weighted by molar-refractivity contribution is -0.151. The van der Waals surface area contributed by atoms with Gasteiger partial charge in [-0.3, -0.25) is 14.9 Å². The van der Waals surface area contributed by atoms with Gasteiger partial charge in [0.05, 0.1) is 12.0 Å². The SMILES string of the molecule is COC1CC2(CC(=O)NC(=O)C2c2ccccc2Br)C1. The summed E-state index contributed by atoms with van der Waals surface area (Å²) < 4.78 is 6.26. The summed E-state index contributed by atoms with van der Waals surface area (Å²) in [7, 11) is 1.68. The Morgan fingerprint density at radius 1 is 1.30 bits per heavy atom. The predicted octanol–water partition coefficient (Wildman–Crippen LogP) is 2.37. The number of hydrogen-bond donors (Lipinski definition) is 1. The highest BCUT2D eigenvalue weighted by Gasteiger charge is 2.56. The second-order valence-corrected chi connectivity index (χ2v) is 6.53. The minimum atomic E-state index is -0.290. The number of carbonyl (C=O) groups is 2. The van der Waals surface area contributed by atoms with Crippen LogP contribution in [-0.4, -0.2) is 25.0 Å². The van der Waals surface area contributed by atoms with Crippen molar-refractivity contribution in [1.82, 2.24) is 5.32 Å². The van der Waals surface area contributed by atoms with E-state index in [1.807, 2.05) is 24.3 Å². The number of rotatable bonds is 2. The molecule has 1 aliphatic heterocycles. The maximum absolute atomic E-state index is 12.4. The zero-order valence-corrected chi connectivity index (χ0v) is 12.8. The molecule has 1 heterocycles. The van der Waals surface area contributed by atoms with Crippen LogP contribution in [0.15, 0.2) is 28.7 Å². The van der Waals surface area contributed by atoms with Crippen molar-refractivity contribution in [3.05, 3.63) is 34.3 Å². The molecule has 106 valence electrons. The zero-order valence-electron chi connectivity index (χ0n) is 11.2. The molecule has 0 aromatic heterocycles. The third-order valence-electron chi connectivity index (χ3n) is 4.47. The lowest BCUT2D eigenvalue weighted by Gasteiger charge is -2.52. The Morgan fingerprint density at radius 3 is 2.65 bits per heavy atom. The van der Waals surface area contributed by atoms with Crippen LogP contribution in [0.3, 0.4) is 0 Å². The minimum absolute atomic E-state index is 0.152. The van der Waals surface area contributed by atoms with E-state index in [1.165, 1.54) is 0 Å². The number of carbonyl (C=O) groups excluding carboxylic acids is 2. The number of piperidine rings is 1. The summed E-state index contributed by atoms with van der Waals surface area (Å²) in [5.41, 5.74) is 0.663. The van der Waals surface area contributed by atoms with E-state index in [4.69, 9.17) is 4.74 Å². The van der Waals surface area contributed by atoms with Crippen molar-refractivity contribution >= 4 is 27.7 Å². The Hall–Kier alpha value is -1.20. The molecule has 2 fully saturated rings. The molecule has 1 saturated heterocycles. The number of halogens is 1. The van der Waals surface area contributed by atoms with Gasteiger partial charge in [0.1, 0.15) is 0 Å². The van der Waals surface area contributed by atoms with Crippen LogP contribution in [0, 0.1) is 5.41 Å². The normalized spacial score (nSPS) is 32.9. The van der Waals surface area contributed by atoms with Crippen molar-refractivity contribution in [3.8, 4) is 0 Å². The van der Waals surface area contributed by atoms with Gasteiger partial charge in [-0.2, -0.15) is 0 Å². The van der Waals surface area contributed by atoms with Gasteiger partial charge in [-0.15, -0.1) is 0 Å². The summed E-state index contributed by atoms with van der Waals surface area (Å²) in [4.78, 5) is 24.1. The fraction of sp³-hybridized carbons (Fsp3) is 0.467. The second-order valence-electron chi connectivity index (χ2n) is 5.67. The molecule has 1 aromatic carbocycles. The van der Waals surface area contributed by atoms with Gasteiger partial charge in [-0.1, -0.05) is 34.1 Å². The first kappa shape index (κ1) is 13.8. The standard InChI is InChI=1S/C15H16BrNO3/c1-20-9-6-15(7-9)8-12(18)17-14(19)13(15)10-4-2-3-5-11(10)16/h2-5,9,13H,6-8H2,1H3,(H,17,18,19). The van der Waals surface area contributed by atoms with Gasteiger partial charge < -0.3 is 4.74 Å². The highest BCUT2D eigenvalue weighted by molar-refractivity contribution is 9.10. The van der Waals surface area contributed by atoms with Gasteiger partial charge in [-0.25, -0.2) is 0 Å². The minimum Gasteiger partial charge on any atom is -0.381 e. The number of amides is 2. The maximum atomic E-state index is 12.4. The third-order valence-corrected chi connectivity index (χ3v) is 5.19. The van der Waals surface area contributed by atoms with E-state index in [9.17, 15) is 9.59 Å². The zero-order chi connectivity index (χ0) is 14.3. The van der Waals surface area contributed by atoms with Crippen LogP contribution in [0.5, 0.6) is 0 Å². The van der Waals surface area contributed by atoms with Crippen molar-refractivity contribution in [1.29, 1.82) is 0 Å². The topological polar surface area (TPSA) is 55.4 Å². The summed E-state index contributed by atoms with van der Waals surface area (Å²) in [5, 5.41) is 2.47. The van der Waals surface area contributed by atoms with E-state index in [1.54, 1.807) is 7.11 Å². The summed E-state index contributed by atoms with van der Waals surface area (Å²) in [6, 6.07) is 7.72. The number of ether oxygens (including phenoxy) is 1. The van der Waals surface area contributed by atoms with Crippen molar-refractivity contribution in [2.45, 2.75) is 31.3 Å². The number of benzene rings is 1. The van der Waals surface area contributed by atoms with Crippen LogP contribution in [0.4, 0.5) is 0 Å². The number of hydrogen-bond acceptors (Lipinski definition) is 3. The van der Waals surface area contributed by atoms with Gasteiger partial charge in [0.2, 0.25) is 11.8 Å². The molecular weight excluding hydrogens is 322 g/mol. The summed E-state index contributed by atoms with van der Waals surface area (Å²) >= 11 is 3.52. The fourth-order valence-electron chi connectivity index (χ4n) is 3.53. The average Bonchev–Trinajstić information content (AvgIpc) is 2.36. The van der Waals surface area contributed by atoms with Crippen molar-refractivity contribution in [2.24, 2.45) is 5.41 Å². The van der Waals surface area contributed by atoms with E-state index < -0.39 is 0 Å². The third kappa shape index (κ3) is 2.09.